The zero-order valence-electron chi connectivity index (χ0n) is 13.3. The minimum absolute atomic E-state index is 0.199. The maximum atomic E-state index is 6.45. The van der Waals surface area contributed by atoms with Crippen LogP contribution in [0.5, 0.6) is 0 Å². The number of rotatable bonds is 3. The van der Waals surface area contributed by atoms with Crippen molar-refractivity contribution < 1.29 is 0 Å². The van der Waals surface area contributed by atoms with E-state index >= 15 is 0 Å². The first-order valence-corrected chi connectivity index (χ1v) is 8.72. The fourth-order valence-corrected chi connectivity index (χ4v) is 4.01. The van der Waals surface area contributed by atoms with E-state index in [9.17, 15) is 0 Å². The standard InChI is InChI=1S/C18H27Cl2N/c1-18(2,3)14-7-4-12(5-8-14)17(21)10-13-6-9-15(19)11-16(13)20/h6,9,11-12,14,17H,4-5,7-8,10,21H2,1-3H3. The van der Waals surface area contributed by atoms with Crippen LogP contribution in [0.1, 0.15) is 52.0 Å². The Labute approximate surface area is 139 Å². The van der Waals surface area contributed by atoms with Gasteiger partial charge in [0.25, 0.3) is 0 Å². The van der Waals surface area contributed by atoms with Crippen LogP contribution in [0.3, 0.4) is 0 Å². The molecule has 2 rings (SSSR count). The fraction of sp³-hybridized carbons (Fsp3) is 0.667. The zero-order chi connectivity index (χ0) is 15.6. The van der Waals surface area contributed by atoms with Gasteiger partial charge in [-0.05, 0) is 67.1 Å². The summed E-state index contributed by atoms with van der Waals surface area (Å²) in [6.45, 7) is 7.06. The van der Waals surface area contributed by atoms with Crippen LogP contribution in [0.2, 0.25) is 10.0 Å². The van der Waals surface area contributed by atoms with E-state index in [1.54, 1.807) is 0 Å². The predicted molar refractivity (Wildman–Crippen MR) is 93.0 cm³/mol. The van der Waals surface area contributed by atoms with Gasteiger partial charge in [0.2, 0.25) is 0 Å². The van der Waals surface area contributed by atoms with Gasteiger partial charge in [0.15, 0.2) is 0 Å². The lowest BCUT2D eigenvalue weighted by atomic mass is 9.68. The van der Waals surface area contributed by atoms with Crippen LogP contribution in [0.15, 0.2) is 18.2 Å². The van der Waals surface area contributed by atoms with E-state index in [1.165, 1.54) is 25.7 Å². The van der Waals surface area contributed by atoms with Crippen molar-refractivity contribution in [2.45, 2.75) is 58.9 Å². The number of benzene rings is 1. The van der Waals surface area contributed by atoms with Gasteiger partial charge < -0.3 is 5.73 Å². The molecule has 1 saturated carbocycles. The topological polar surface area (TPSA) is 26.0 Å². The molecule has 1 aromatic carbocycles. The Hall–Kier alpha value is -0.240. The van der Waals surface area contributed by atoms with Gasteiger partial charge in [-0.3, -0.25) is 0 Å². The molecule has 118 valence electrons. The molecule has 21 heavy (non-hydrogen) atoms. The Morgan fingerprint density at radius 1 is 1.14 bits per heavy atom. The van der Waals surface area contributed by atoms with Crippen LogP contribution in [0.25, 0.3) is 0 Å². The molecule has 1 aliphatic rings. The van der Waals surface area contributed by atoms with Crippen molar-refractivity contribution in [1.29, 1.82) is 0 Å². The van der Waals surface area contributed by atoms with E-state index in [-0.39, 0.29) is 6.04 Å². The average Bonchev–Trinajstić information content (AvgIpc) is 2.41. The summed E-state index contributed by atoms with van der Waals surface area (Å²) in [7, 11) is 0. The maximum absolute atomic E-state index is 6.45. The van der Waals surface area contributed by atoms with Crippen LogP contribution >= 0.6 is 23.2 Å². The molecule has 1 fully saturated rings. The minimum atomic E-state index is 0.199. The second kappa shape index (κ2) is 6.89. The summed E-state index contributed by atoms with van der Waals surface area (Å²) < 4.78 is 0. The molecule has 0 aliphatic heterocycles. The minimum Gasteiger partial charge on any atom is -0.327 e. The molecule has 0 bridgehead atoms. The van der Waals surface area contributed by atoms with Gasteiger partial charge in [0.05, 0.1) is 0 Å². The van der Waals surface area contributed by atoms with Crippen molar-refractivity contribution in [2.75, 3.05) is 0 Å². The molecule has 0 heterocycles. The Morgan fingerprint density at radius 3 is 2.29 bits per heavy atom. The van der Waals surface area contributed by atoms with E-state index in [0.29, 0.717) is 16.4 Å². The molecule has 0 amide bonds. The van der Waals surface area contributed by atoms with Crippen molar-refractivity contribution >= 4 is 23.2 Å². The van der Waals surface area contributed by atoms with E-state index in [1.807, 2.05) is 18.2 Å². The third kappa shape index (κ3) is 4.61. The van der Waals surface area contributed by atoms with E-state index < -0.39 is 0 Å². The molecule has 0 spiro atoms. The van der Waals surface area contributed by atoms with Gasteiger partial charge in [0, 0.05) is 16.1 Å². The van der Waals surface area contributed by atoms with Crippen LogP contribution in [0, 0.1) is 17.3 Å². The van der Waals surface area contributed by atoms with E-state index in [2.05, 4.69) is 20.8 Å². The van der Waals surface area contributed by atoms with Crippen molar-refractivity contribution in [2.24, 2.45) is 23.0 Å². The SMILES string of the molecule is CC(C)(C)C1CCC(C(N)Cc2ccc(Cl)cc2Cl)CC1. The molecule has 0 radical (unpaired) electrons. The van der Waals surface area contributed by atoms with Gasteiger partial charge in [0.1, 0.15) is 0 Å². The highest BCUT2D eigenvalue weighted by Crippen LogP contribution is 2.40. The number of hydrogen-bond donors (Lipinski definition) is 1. The zero-order valence-corrected chi connectivity index (χ0v) is 14.8. The molecule has 0 aromatic heterocycles. The van der Waals surface area contributed by atoms with Crippen molar-refractivity contribution in [3.63, 3.8) is 0 Å². The van der Waals surface area contributed by atoms with Crippen LogP contribution in [-0.4, -0.2) is 6.04 Å². The van der Waals surface area contributed by atoms with Gasteiger partial charge in [-0.15, -0.1) is 0 Å². The molecule has 1 aromatic rings. The second-order valence-corrected chi connectivity index (χ2v) is 8.43. The van der Waals surface area contributed by atoms with Crippen LogP contribution in [-0.2, 0) is 6.42 Å². The Kier molecular flexibility index (Phi) is 5.62. The second-order valence-electron chi connectivity index (χ2n) is 7.58. The lowest BCUT2D eigenvalue weighted by molar-refractivity contribution is 0.139. The highest BCUT2D eigenvalue weighted by Gasteiger charge is 2.31. The molecule has 1 unspecified atom stereocenters. The lowest BCUT2D eigenvalue weighted by Gasteiger charge is -2.38. The normalized spacial score (nSPS) is 24.9. The molecule has 1 atom stereocenters. The summed E-state index contributed by atoms with van der Waals surface area (Å²) in [6, 6.07) is 5.91. The van der Waals surface area contributed by atoms with Crippen molar-refractivity contribution in [3.8, 4) is 0 Å². The number of halogens is 2. The summed E-state index contributed by atoms with van der Waals surface area (Å²) in [5.41, 5.74) is 7.99. The first-order valence-electron chi connectivity index (χ1n) is 7.97. The predicted octanol–water partition coefficient (Wildman–Crippen LogP) is 5.72. The van der Waals surface area contributed by atoms with Crippen molar-refractivity contribution in [1.82, 2.24) is 0 Å². The van der Waals surface area contributed by atoms with Gasteiger partial charge >= 0.3 is 0 Å². The first-order chi connectivity index (χ1) is 9.77. The lowest BCUT2D eigenvalue weighted by Crippen LogP contribution is -2.37. The largest absolute Gasteiger partial charge is 0.327 e. The highest BCUT2D eigenvalue weighted by molar-refractivity contribution is 6.35. The van der Waals surface area contributed by atoms with Crippen molar-refractivity contribution in [3.05, 3.63) is 33.8 Å². The van der Waals surface area contributed by atoms with Gasteiger partial charge in [-0.25, -0.2) is 0 Å². The number of hydrogen-bond acceptors (Lipinski definition) is 1. The Bertz CT molecular complexity index is 471. The van der Waals surface area contributed by atoms with Crippen LogP contribution < -0.4 is 5.73 Å². The third-order valence-corrected chi connectivity index (χ3v) is 5.66. The molecular formula is C18H27Cl2N. The molecule has 2 N–H and O–H groups in total. The van der Waals surface area contributed by atoms with E-state index in [0.717, 1.165) is 22.9 Å². The maximum Gasteiger partial charge on any atom is 0.0453 e. The summed E-state index contributed by atoms with van der Waals surface area (Å²) in [5.74, 6) is 1.45. The van der Waals surface area contributed by atoms with Gasteiger partial charge in [-0.1, -0.05) is 50.0 Å². The Morgan fingerprint density at radius 2 is 1.76 bits per heavy atom. The quantitative estimate of drug-likeness (QED) is 0.755. The summed E-state index contributed by atoms with van der Waals surface area (Å²) >= 11 is 12.2. The average molecular weight is 328 g/mol. The van der Waals surface area contributed by atoms with Crippen LogP contribution in [0.4, 0.5) is 0 Å². The first kappa shape index (κ1) is 17.1. The highest BCUT2D eigenvalue weighted by atomic mass is 35.5. The Balaban J connectivity index is 1.92. The van der Waals surface area contributed by atoms with E-state index in [4.69, 9.17) is 28.9 Å². The number of nitrogens with two attached hydrogens (primary N) is 1. The third-order valence-electron chi connectivity index (χ3n) is 5.07. The molecule has 0 saturated heterocycles. The molecule has 3 heteroatoms. The summed E-state index contributed by atoms with van der Waals surface area (Å²) in [4.78, 5) is 0. The molecular weight excluding hydrogens is 301 g/mol. The fourth-order valence-electron chi connectivity index (χ4n) is 3.52. The molecule has 1 nitrogen and oxygen atoms in total. The monoisotopic (exact) mass is 327 g/mol. The van der Waals surface area contributed by atoms with Gasteiger partial charge in [-0.2, -0.15) is 0 Å². The summed E-state index contributed by atoms with van der Waals surface area (Å²) in [5, 5.41) is 1.42. The summed E-state index contributed by atoms with van der Waals surface area (Å²) in [6.07, 6.45) is 5.94. The molecule has 1 aliphatic carbocycles. The smallest absolute Gasteiger partial charge is 0.0453 e.